The number of hydrogen-bond donors (Lipinski definition) is 1. The van der Waals surface area contributed by atoms with Crippen molar-refractivity contribution in [3.05, 3.63) is 29.8 Å². The van der Waals surface area contributed by atoms with Crippen LogP contribution in [0.5, 0.6) is 5.75 Å². The number of para-hydroxylation sites is 1. The molecule has 0 saturated carbocycles. The van der Waals surface area contributed by atoms with E-state index in [1.165, 1.54) is 0 Å². The molecule has 3 rings (SSSR count). The summed E-state index contributed by atoms with van der Waals surface area (Å²) < 4.78 is 5.64. The summed E-state index contributed by atoms with van der Waals surface area (Å²) in [7, 11) is 2.00. The molecule has 0 aromatic heterocycles. The Bertz CT molecular complexity index is 487. The third-order valence-electron chi connectivity index (χ3n) is 4.47. The molecule has 2 heterocycles. The van der Waals surface area contributed by atoms with Gasteiger partial charge in [-0.15, -0.1) is 12.4 Å². The van der Waals surface area contributed by atoms with Gasteiger partial charge in [-0.3, -0.25) is 4.79 Å². The molecule has 1 aromatic carbocycles. The Morgan fingerprint density at radius 2 is 1.95 bits per heavy atom. The number of carbonyl (C=O) groups excluding carboxylic acids is 1. The van der Waals surface area contributed by atoms with Gasteiger partial charge >= 0.3 is 0 Å². The van der Waals surface area contributed by atoms with Crippen molar-refractivity contribution in [3.63, 3.8) is 0 Å². The minimum absolute atomic E-state index is 0. The van der Waals surface area contributed by atoms with Gasteiger partial charge in [-0.05, 0) is 32.4 Å². The molecule has 21 heavy (non-hydrogen) atoms. The van der Waals surface area contributed by atoms with Crippen molar-refractivity contribution in [1.29, 1.82) is 0 Å². The molecule has 1 atom stereocenters. The van der Waals surface area contributed by atoms with Crippen LogP contribution < -0.4 is 10.1 Å². The molecule has 1 saturated heterocycles. The van der Waals surface area contributed by atoms with E-state index in [1.807, 2.05) is 36.2 Å². The summed E-state index contributed by atoms with van der Waals surface area (Å²) in [6, 6.07) is 8.49. The van der Waals surface area contributed by atoms with Crippen molar-refractivity contribution in [2.24, 2.45) is 0 Å². The highest BCUT2D eigenvalue weighted by Gasteiger charge is 2.32. The number of hydrogen-bond acceptors (Lipinski definition) is 3. The number of fused-ring (bicyclic) bond motifs is 1. The highest BCUT2D eigenvalue weighted by molar-refractivity contribution is 5.85. The van der Waals surface area contributed by atoms with E-state index < -0.39 is 0 Å². The van der Waals surface area contributed by atoms with Crippen molar-refractivity contribution in [2.75, 3.05) is 26.7 Å². The van der Waals surface area contributed by atoms with E-state index in [-0.39, 0.29) is 24.2 Å². The Labute approximate surface area is 132 Å². The average Bonchev–Trinajstić information content (AvgIpc) is 2.54. The summed E-state index contributed by atoms with van der Waals surface area (Å²) in [5, 5.41) is 3.30. The average molecular weight is 311 g/mol. The Hall–Kier alpha value is -1.26. The Morgan fingerprint density at radius 1 is 1.24 bits per heavy atom. The number of halogens is 1. The van der Waals surface area contributed by atoms with Gasteiger partial charge in [-0.25, -0.2) is 0 Å². The van der Waals surface area contributed by atoms with E-state index in [4.69, 9.17) is 4.74 Å². The van der Waals surface area contributed by atoms with Crippen LogP contribution in [0.15, 0.2) is 24.3 Å². The Balaban J connectivity index is 0.00000161. The normalized spacial score (nSPS) is 22.0. The maximum absolute atomic E-state index is 12.8. The smallest absolute Gasteiger partial charge is 0.230 e. The first-order valence-electron chi connectivity index (χ1n) is 7.47. The van der Waals surface area contributed by atoms with Gasteiger partial charge in [0.15, 0.2) is 0 Å². The molecule has 0 bridgehead atoms. The lowest BCUT2D eigenvalue weighted by molar-refractivity contribution is -0.134. The van der Waals surface area contributed by atoms with Gasteiger partial charge in [0.1, 0.15) is 5.75 Å². The predicted octanol–water partition coefficient (Wildman–Crippen LogP) is 2.18. The largest absolute Gasteiger partial charge is 0.493 e. The third kappa shape index (κ3) is 3.33. The topological polar surface area (TPSA) is 41.6 Å². The monoisotopic (exact) mass is 310 g/mol. The fourth-order valence-corrected chi connectivity index (χ4v) is 3.21. The molecule has 4 nitrogen and oxygen atoms in total. The second-order valence-corrected chi connectivity index (χ2v) is 5.62. The Kier molecular flexibility index (Phi) is 5.48. The van der Waals surface area contributed by atoms with Gasteiger partial charge in [0.2, 0.25) is 5.91 Å². The summed E-state index contributed by atoms with van der Waals surface area (Å²) in [5.74, 6) is 1.13. The summed E-state index contributed by atoms with van der Waals surface area (Å²) in [4.78, 5) is 14.8. The van der Waals surface area contributed by atoms with Crippen LogP contribution >= 0.6 is 12.4 Å². The summed E-state index contributed by atoms with van der Waals surface area (Å²) in [5.41, 5.74) is 1.06. The summed E-state index contributed by atoms with van der Waals surface area (Å²) in [6.07, 6.45) is 2.89. The van der Waals surface area contributed by atoms with Crippen LogP contribution in [0.4, 0.5) is 0 Å². The molecule has 1 aromatic rings. The second kappa shape index (κ2) is 7.14. The number of benzene rings is 1. The minimum atomic E-state index is -0.0221. The highest BCUT2D eigenvalue weighted by Crippen LogP contribution is 2.35. The number of carbonyl (C=O) groups is 1. The van der Waals surface area contributed by atoms with E-state index in [2.05, 4.69) is 5.32 Å². The lowest BCUT2D eigenvalue weighted by Crippen LogP contribution is -2.46. The first-order chi connectivity index (χ1) is 9.79. The standard InChI is InChI=1S/C16H22N2O2.ClH/c1-17-12-6-9-18(10-7-12)16(19)14-8-11-20-15-5-3-2-4-13(14)15;/h2-5,12,14,17H,6-11H2,1H3;1H. The maximum atomic E-state index is 12.8. The fourth-order valence-electron chi connectivity index (χ4n) is 3.21. The minimum Gasteiger partial charge on any atom is -0.493 e. The van der Waals surface area contributed by atoms with Crippen LogP contribution in [-0.4, -0.2) is 43.6 Å². The van der Waals surface area contributed by atoms with Crippen LogP contribution in [0.3, 0.4) is 0 Å². The van der Waals surface area contributed by atoms with Crippen LogP contribution in [0.2, 0.25) is 0 Å². The number of likely N-dealkylation sites (tertiary alicyclic amines) is 1. The molecule has 0 aliphatic carbocycles. The van der Waals surface area contributed by atoms with Gasteiger partial charge in [0, 0.05) is 24.7 Å². The molecule has 2 aliphatic rings. The summed E-state index contributed by atoms with van der Waals surface area (Å²) in [6.45, 7) is 2.37. The van der Waals surface area contributed by atoms with Crippen molar-refractivity contribution in [3.8, 4) is 5.75 Å². The fraction of sp³-hybridized carbons (Fsp3) is 0.562. The molecule has 5 heteroatoms. The van der Waals surface area contributed by atoms with E-state index in [0.717, 1.165) is 43.7 Å². The molecule has 2 aliphatic heterocycles. The zero-order valence-corrected chi connectivity index (χ0v) is 13.2. The van der Waals surface area contributed by atoms with Crippen LogP contribution in [0, 0.1) is 0 Å². The molecule has 1 unspecified atom stereocenters. The van der Waals surface area contributed by atoms with Crippen LogP contribution in [0.1, 0.15) is 30.7 Å². The molecule has 0 radical (unpaired) electrons. The van der Waals surface area contributed by atoms with Gasteiger partial charge < -0.3 is 15.0 Å². The predicted molar refractivity (Wildman–Crippen MR) is 85.2 cm³/mol. The molecule has 1 fully saturated rings. The van der Waals surface area contributed by atoms with Crippen molar-refractivity contribution >= 4 is 18.3 Å². The SMILES string of the molecule is CNC1CCN(C(=O)C2CCOc3ccccc32)CC1.Cl. The lowest BCUT2D eigenvalue weighted by atomic mass is 9.91. The number of piperidine rings is 1. The van der Waals surface area contributed by atoms with E-state index in [9.17, 15) is 4.79 Å². The van der Waals surface area contributed by atoms with E-state index in [0.29, 0.717) is 12.6 Å². The zero-order valence-electron chi connectivity index (χ0n) is 12.4. The van der Waals surface area contributed by atoms with Crippen LogP contribution in [0.25, 0.3) is 0 Å². The molecule has 116 valence electrons. The maximum Gasteiger partial charge on any atom is 0.230 e. The van der Waals surface area contributed by atoms with Gasteiger partial charge in [-0.2, -0.15) is 0 Å². The number of nitrogens with zero attached hydrogens (tertiary/aromatic N) is 1. The first-order valence-corrected chi connectivity index (χ1v) is 7.47. The van der Waals surface area contributed by atoms with Gasteiger partial charge in [0.05, 0.1) is 12.5 Å². The van der Waals surface area contributed by atoms with Crippen molar-refractivity contribution in [1.82, 2.24) is 10.2 Å². The van der Waals surface area contributed by atoms with E-state index in [1.54, 1.807) is 0 Å². The molecular formula is C16H23ClN2O2. The molecule has 1 N–H and O–H groups in total. The number of ether oxygens (including phenoxy) is 1. The quantitative estimate of drug-likeness (QED) is 0.910. The van der Waals surface area contributed by atoms with Crippen LogP contribution in [-0.2, 0) is 4.79 Å². The number of amides is 1. The molecule has 1 amide bonds. The number of nitrogens with one attached hydrogen (secondary N) is 1. The Morgan fingerprint density at radius 3 is 2.67 bits per heavy atom. The van der Waals surface area contributed by atoms with E-state index >= 15 is 0 Å². The van der Waals surface area contributed by atoms with Crippen molar-refractivity contribution in [2.45, 2.75) is 31.2 Å². The molecular weight excluding hydrogens is 288 g/mol. The second-order valence-electron chi connectivity index (χ2n) is 5.62. The number of rotatable bonds is 2. The summed E-state index contributed by atoms with van der Waals surface area (Å²) >= 11 is 0. The zero-order chi connectivity index (χ0) is 13.9. The highest BCUT2D eigenvalue weighted by atomic mass is 35.5. The van der Waals surface area contributed by atoms with Crippen molar-refractivity contribution < 1.29 is 9.53 Å². The first kappa shape index (κ1) is 16.1. The third-order valence-corrected chi connectivity index (χ3v) is 4.47. The lowest BCUT2D eigenvalue weighted by Gasteiger charge is -2.35. The van der Waals surface area contributed by atoms with Gasteiger partial charge in [-0.1, -0.05) is 18.2 Å². The molecule has 0 spiro atoms. The van der Waals surface area contributed by atoms with Gasteiger partial charge in [0.25, 0.3) is 0 Å².